The molecule has 5 nitrogen and oxygen atoms in total. The second kappa shape index (κ2) is 8.21. The van der Waals surface area contributed by atoms with Gasteiger partial charge in [0.1, 0.15) is 5.60 Å². The number of amides is 2. The number of hydrogen-bond donors (Lipinski definition) is 1. The van der Waals surface area contributed by atoms with E-state index in [9.17, 15) is 9.59 Å². The van der Waals surface area contributed by atoms with E-state index in [2.05, 4.69) is 21.2 Å². The topological polar surface area (TPSA) is 58.6 Å². The van der Waals surface area contributed by atoms with Gasteiger partial charge in [0.05, 0.1) is 0 Å². The molecule has 1 aromatic carbocycles. The van der Waals surface area contributed by atoms with E-state index in [1.807, 2.05) is 45.9 Å². The zero-order chi connectivity index (χ0) is 18.6. The van der Waals surface area contributed by atoms with Crippen LogP contribution in [0.15, 0.2) is 22.7 Å². The van der Waals surface area contributed by atoms with Crippen molar-refractivity contribution in [2.75, 3.05) is 13.1 Å². The zero-order valence-electron chi connectivity index (χ0n) is 15.4. The van der Waals surface area contributed by atoms with E-state index in [-0.39, 0.29) is 17.9 Å². The van der Waals surface area contributed by atoms with Gasteiger partial charge in [0, 0.05) is 30.0 Å². The molecule has 6 heteroatoms. The Bertz CT molecular complexity index is 632. The van der Waals surface area contributed by atoms with Gasteiger partial charge in [-0.2, -0.15) is 0 Å². The van der Waals surface area contributed by atoms with Crippen molar-refractivity contribution in [2.45, 2.75) is 52.7 Å². The Morgan fingerprint density at radius 1 is 1.28 bits per heavy atom. The fourth-order valence-electron chi connectivity index (χ4n) is 2.82. The van der Waals surface area contributed by atoms with Crippen LogP contribution >= 0.6 is 15.9 Å². The third-order valence-corrected chi connectivity index (χ3v) is 5.38. The van der Waals surface area contributed by atoms with Crippen molar-refractivity contribution in [1.29, 1.82) is 0 Å². The van der Waals surface area contributed by atoms with Crippen molar-refractivity contribution in [1.82, 2.24) is 10.2 Å². The molecule has 0 atom stereocenters. The second-order valence-corrected chi connectivity index (χ2v) is 8.30. The number of hydrogen-bond acceptors (Lipinski definition) is 3. The molecule has 1 heterocycles. The smallest absolute Gasteiger partial charge is 0.410 e. The Morgan fingerprint density at radius 3 is 2.52 bits per heavy atom. The van der Waals surface area contributed by atoms with Crippen LogP contribution in [-0.2, 0) is 16.1 Å². The van der Waals surface area contributed by atoms with Gasteiger partial charge in [0.15, 0.2) is 0 Å². The average Bonchev–Trinajstić information content (AvgIpc) is 2.54. The molecule has 1 aromatic rings. The first kappa shape index (κ1) is 19.8. The van der Waals surface area contributed by atoms with E-state index in [1.165, 1.54) is 0 Å². The number of carbonyl (C=O) groups is 2. The first-order chi connectivity index (χ1) is 11.7. The van der Waals surface area contributed by atoms with Gasteiger partial charge in [0.2, 0.25) is 5.91 Å². The minimum absolute atomic E-state index is 0.0530. The summed E-state index contributed by atoms with van der Waals surface area (Å²) in [5.41, 5.74) is 1.73. The molecule has 138 valence electrons. The first-order valence-electron chi connectivity index (χ1n) is 8.67. The molecular formula is C19H27BrN2O3. The fraction of sp³-hybridized carbons (Fsp3) is 0.579. The van der Waals surface area contributed by atoms with E-state index in [0.717, 1.165) is 15.6 Å². The lowest BCUT2D eigenvalue weighted by atomic mass is 9.96. The van der Waals surface area contributed by atoms with Crippen molar-refractivity contribution in [3.05, 3.63) is 33.8 Å². The predicted octanol–water partition coefficient (Wildman–Crippen LogP) is 4.02. The molecule has 0 saturated carbocycles. The van der Waals surface area contributed by atoms with Gasteiger partial charge >= 0.3 is 6.09 Å². The molecule has 0 aliphatic carbocycles. The number of nitrogens with one attached hydrogen (secondary N) is 1. The second-order valence-electron chi connectivity index (χ2n) is 7.51. The third kappa shape index (κ3) is 5.73. The van der Waals surface area contributed by atoms with Crippen molar-refractivity contribution in [3.8, 4) is 0 Å². The highest BCUT2D eigenvalue weighted by atomic mass is 79.9. The molecule has 2 amide bonds. The van der Waals surface area contributed by atoms with Crippen molar-refractivity contribution < 1.29 is 14.3 Å². The van der Waals surface area contributed by atoms with Gasteiger partial charge in [-0.15, -0.1) is 0 Å². The summed E-state index contributed by atoms with van der Waals surface area (Å²) in [7, 11) is 0. The number of benzene rings is 1. The lowest BCUT2D eigenvalue weighted by molar-refractivity contribution is -0.126. The number of carbonyl (C=O) groups excluding carboxylic acids is 2. The van der Waals surface area contributed by atoms with Gasteiger partial charge in [0.25, 0.3) is 0 Å². The van der Waals surface area contributed by atoms with Gasteiger partial charge in [-0.05, 0) is 51.7 Å². The van der Waals surface area contributed by atoms with Gasteiger partial charge in [-0.25, -0.2) is 4.79 Å². The predicted molar refractivity (Wildman–Crippen MR) is 101 cm³/mol. The molecule has 0 unspecified atom stereocenters. The molecule has 0 aromatic heterocycles. The maximum atomic E-state index is 12.4. The maximum Gasteiger partial charge on any atom is 0.410 e. The Labute approximate surface area is 158 Å². The number of ether oxygens (including phenoxy) is 1. The molecule has 1 N–H and O–H groups in total. The van der Waals surface area contributed by atoms with Crippen LogP contribution < -0.4 is 5.32 Å². The first-order valence-corrected chi connectivity index (χ1v) is 9.46. The largest absolute Gasteiger partial charge is 0.444 e. The number of halogens is 1. The highest BCUT2D eigenvalue weighted by Crippen LogP contribution is 2.22. The summed E-state index contributed by atoms with van der Waals surface area (Å²) in [6, 6.07) is 6.02. The van der Waals surface area contributed by atoms with Crippen LogP contribution in [0.5, 0.6) is 0 Å². The number of likely N-dealkylation sites (tertiary alicyclic amines) is 1. The minimum atomic E-state index is -0.494. The third-order valence-electron chi connectivity index (χ3n) is 4.24. The van der Waals surface area contributed by atoms with Crippen molar-refractivity contribution in [2.24, 2.45) is 5.92 Å². The van der Waals surface area contributed by atoms with Crippen molar-refractivity contribution in [3.63, 3.8) is 0 Å². The SMILES string of the molecule is Cc1cccc(CNC(=O)C2CCN(C(=O)OC(C)(C)C)CC2)c1Br. The van der Waals surface area contributed by atoms with Crippen molar-refractivity contribution >= 4 is 27.9 Å². The summed E-state index contributed by atoms with van der Waals surface area (Å²) in [5, 5.41) is 3.02. The maximum absolute atomic E-state index is 12.4. The molecule has 1 aliphatic heterocycles. The Kier molecular flexibility index (Phi) is 6.49. The summed E-state index contributed by atoms with van der Waals surface area (Å²) in [6.07, 6.45) is 1.04. The highest BCUT2D eigenvalue weighted by molar-refractivity contribution is 9.10. The Hall–Kier alpha value is -1.56. The molecule has 1 aliphatic rings. The molecule has 1 saturated heterocycles. The summed E-state index contributed by atoms with van der Waals surface area (Å²) in [4.78, 5) is 26.2. The quantitative estimate of drug-likeness (QED) is 0.818. The summed E-state index contributed by atoms with van der Waals surface area (Å²) in [6.45, 7) is 9.22. The standard InChI is InChI=1S/C19H27BrN2O3/c1-13-6-5-7-15(16(13)20)12-21-17(23)14-8-10-22(11-9-14)18(24)25-19(2,3)4/h5-7,14H,8-12H2,1-4H3,(H,21,23). The number of rotatable bonds is 3. The van der Waals surface area contributed by atoms with Crippen LogP contribution in [0.25, 0.3) is 0 Å². The van der Waals surface area contributed by atoms with Crippen LogP contribution in [0.2, 0.25) is 0 Å². The fourth-order valence-corrected chi connectivity index (χ4v) is 3.23. The molecular weight excluding hydrogens is 384 g/mol. The number of nitrogens with zero attached hydrogens (tertiary/aromatic N) is 1. The van der Waals surface area contributed by atoms with Crippen LogP contribution in [0.1, 0.15) is 44.7 Å². The lowest BCUT2D eigenvalue weighted by Crippen LogP contribution is -2.44. The zero-order valence-corrected chi connectivity index (χ0v) is 17.0. The number of piperidine rings is 1. The average molecular weight is 411 g/mol. The summed E-state index contributed by atoms with van der Waals surface area (Å²) >= 11 is 3.56. The van der Waals surface area contributed by atoms with Gasteiger partial charge in [-0.1, -0.05) is 34.1 Å². The monoisotopic (exact) mass is 410 g/mol. The molecule has 2 rings (SSSR count). The summed E-state index contributed by atoms with van der Waals surface area (Å²) in [5.74, 6) is -0.000448. The molecule has 0 spiro atoms. The molecule has 1 fully saturated rings. The Balaban J connectivity index is 1.81. The normalized spacial score (nSPS) is 15.8. The van der Waals surface area contributed by atoms with E-state index in [1.54, 1.807) is 4.90 Å². The lowest BCUT2D eigenvalue weighted by Gasteiger charge is -2.33. The van der Waals surface area contributed by atoms with E-state index in [0.29, 0.717) is 32.5 Å². The van der Waals surface area contributed by atoms with Crippen LogP contribution in [0.3, 0.4) is 0 Å². The van der Waals surface area contributed by atoms with E-state index < -0.39 is 5.60 Å². The van der Waals surface area contributed by atoms with Crippen LogP contribution in [0, 0.1) is 12.8 Å². The molecule has 0 bridgehead atoms. The number of aryl methyl sites for hydroxylation is 1. The van der Waals surface area contributed by atoms with Crippen LogP contribution in [-0.4, -0.2) is 35.6 Å². The van der Waals surface area contributed by atoms with Gasteiger partial charge in [-0.3, -0.25) is 4.79 Å². The van der Waals surface area contributed by atoms with Gasteiger partial charge < -0.3 is 15.0 Å². The molecule has 0 radical (unpaired) electrons. The van der Waals surface area contributed by atoms with Crippen LogP contribution in [0.4, 0.5) is 4.79 Å². The summed E-state index contributed by atoms with van der Waals surface area (Å²) < 4.78 is 6.42. The van der Waals surface area contributed by atoms with E-state index in [4.69, 9.17) is 4.74 Å². The van der Waals surface area contributed by atoms with E-state index >= 15 is 0 Å². The Morgan fingerprint density at radius 2 is 1.92 bits per heavy atom. The molecule has 25 heavy (non-hydrogen) atoms. The highest BCUT2D eigenvalue weighted by Gasteiger charge is 2.29. The minimum Gasteiger partial charge on any atom is -0.444 e.